The number of nitrogens with one attached hydrogen (secondary N) is 1. The Labute approximate surface area is 110 Å². The van der Waals surface area contributed by atoms with Crippen LogP contribution in [0.5, 0.6) is 0 Å². The number of nitrogens with zero attached hydrogens (tertiary/aromatic N) is 1. The molecule has 0 radical (unpaired) electrons. The van der Waals surface area contributed by atoms with Gasteiger partial charge in [0.25, 0.3) is 0 Å². The lowest BCUT2D eigenvalue weighted by atomic mass is 9.94. The highest BCUT2D eigenvalue weighted by Crippen LogP contribution is 2.27. The van der Waals surface area contributed by atoms with Gasteiger partial charge >= 0.3 is 0 Å². The van der Waals surface area contributed by atoms with Gasteiger partial charge in [-0.05, 0) is 19.3 Å². The summed E-state index contributed by atoms with van der Waals surface area (Å²) >= 11 is 0. The lowest BCUT2D eigenvalue weighted by Gasteiger charge is -2.25. The largest absolute Gasteiger partial charge is 0.385 e. The first-order valence-corrected chi connectivity index (χ1v) is 8.11. The van der Waals surface area contributed by atoms with Crippen LogP contribution in [0.25, 0.3) is 0 Å². The Bertz CT molecular complexity index is 379. The Kier molecular flexibility index (Phi) is 6.06. The molecule has 0 spiro atoms. The fourth-order valence-electron chi connectivity index (χ4n) is 2.31. The molecule has 6 heteroatoms. The van der Waals surface area contributed by atoms with Gasteiger partial charge < -0.3 is 4.74 Å². The van der Waals surface area contributed by atoms with E-state index in [0.717, 1.165) is 25.7 Å². The summed E-state index contributed by atoms with van der Waals surface area (Å²) in [4.78, 5) is 0. The summed E-state index contributed by atoms with van der Waals surface area (Å²) in [5.41, 5.74) is -0.887. The molecular weight excluding hydrogens is 252 g/mol. The molecule has 0 aromatic rings. The highest BCUT2D eigenvalue weighted by atomic mass is 32.2. The summed E-state index contributed by atoms with van der Waals surface area (Å²) < 4.78 is 31.3. The Hall–Kier alpha value is -0.640. The SMILES string of the molecule is COCCCS(=O)(=O)NC1(C#N)CCCCCC1. The summed E-state index contributed by atoms with van der Waals surface area (Å²) in [6, 6.07) is 2.18. The third-order valence-corrected chi connectivity index (χ3v) is 4.81. The van der Waals surface area contributed by atoms with Crippen LogP contribution in [0.2, 0.25) is 0 Å². The monoisotopic (exact) mass is 274 g/mol. The smallest absolute Gasteiger partial charge is 0.213 e. The fourth-order valence-corrected chi connectivity index (χ4v) is 3.76. The molecule has 1 N–H and O–H groups in total. The van der Waals surface area contributed by atoms with E-state index in [2.05, 4.69) is 10.8 Å². The lowest BCUT2D eigenvalue weighted by Crippen LogP contribution is -2.47. The van der Waals surface area contributed by atoms with Gasteiger partial charge in [-0.1, -0.05) is 25.7 Å². The van der Waals surface area contributed by atoms with Crippen LogP contribution >= 0.6 is 0 Å². The van der Waals surface area contributed by atoms with E-state index in [-0.39, 0.29) is 5.75 Å². The van der Waals surface area contributed by atoms with E-state index >= 15 is 0 Å². The lowest BCUT2D eigenvalue weighted by molar-refractivity contribution is 0.199. The maximum absolute atomic E-state index is 11.9. The van der Waals surface area contributed by atoms with Gasteiger partial charge in [-0.15, -0.1) is 0 Å². The van der Waals surface area contributed by atoms with Crippen molar-refractivity contribution in [1.82, 2.24) is 4.72 Å². The predicted octanol–water partition coefficient (Wildman–Crippen LogP) is 1.56. The van der Waals surface area contributed by atoms with Crippen molar-refractivity contribution in [2.45, 2.75) is 50.5 Å². The zero-order valence-electron chi connectivity index (χ0n) is 10.9. The summed E-state index contributed by atoms with van der Waals surface area (Å²) in [5.74, 6) is 0.0181. The van der Waals surface area contributed by atoms with Crippen molar-refractivity contribution in [1.29, 1.82) is 5.26 Å². The molecule has 0 saturated heterocycles. The van der Waals surface area contributed by atoms with Gasteiger partial charge in [0.05, 0.1) is 11.8 Å². The van der Waals surface area contributed by atoms with Crippen LogP contribution < -0.4 is 4.72 Å². The normalized spacial score (nSPS) is 20.0. The summed E-state index contributed by atoms with van der Waals surface area (Å²) in [5, 5.41) is 9.30. The Morgan fingerprint density at radius 1 is 1.28 bits per heavy atom. The zero-order valence-corrected chi connectivity index (χ0v) is 11.8. The fraction of sp³-hybridized carbons (Fsp3) is 0.917. The van der Waals surface area contributed by atoms with Crippen molar-refractivity contribution in [2.75, 3.05) is 19.5 Å². The number of hydrogen-bond donors (Lipinski definition) is 1. The van der Waals surface area contributed by atoms with Crippen molar-refractivity contribution >= 4 is 10.0 Å². The van der Waals surface area contributed by atoms with Crippen molar-refractivity contribution in [3.8, 4) is 6.07 Å². The second-order valence-corrected chi connectivity index (χ2v) is 6.72. The van der Waals surface area contributed by atoms with Gasteiger partial charge in [0.15, 0.2) is 0 Å². The van der Waals surface area contributed by atoms with Gasteiger partial charge in [-0.25, -0.2) is 8.42 Å². The van der Waals surface area contributed by atoms with E-state index in [1.807, 2.05) is 0 Å². The number of nitriles is 1. The van der Waals surface area contributed by atoms with E-state index < -0.39 is 15.6 Å². The van der Waals surface area contributed by atoms with Gasteiger partial charge in [0.1, 0.15) is 5.54 Å². The van der Waals surface area contributed by atoms with Crippen LogP contribution in [-0.2, 0) is 14.8 Å². The van der Waals surface area contributed by atoms with E-state index in [1.165, 1.54) is 0 Å². The first-order valence-electron chi connectivity index (χ1n) is 6.45. The van der Waals surface area contributed by atoms with Crippen molar-refractivity contribution < 1.29 is 13.2 Å². The van der Waals surface area contributed by atoms with E-state index in [9.17, 15) is 13.7 Å². The molecule has 1 saturated carbocycles. The molecule has 0 aromatic carbocycles. The van der Waals surface area contributed by atoms with Gasteiger partial charge in [-0.3, -0.25) is 0 Å². The van der Waals surface area contributed by atoms with Crippen LogP contribution in [0, 0.1) is 11.3 Å². The molecule has 104 valence electrons. The minimum atomic E-state index is -3.39. The Morgan fingerprint density at radius 2 is 1.89 bits per heavy atom. The highest BCUT2D eigenvalue weighted by molar-refractivity contribution is 7.89. The van der Waals surface area contributed by atoms with E-state index in [1.54, 1.807) is 7.11 Å². The third-order valence-electron chi connectivity index (χ3n) is 3.28. The molecule has 1 rings (SSSR count). The predicted molar refractivity (Wildman–Crippen MR) is 69.5 cm³/mol. The van der Waals surface area contributed by atoms with Gasteiger partial charge in [-0.2, -0.15) is 9.98 Å². The molecule has 0 aliphatic heterocycles. The maximum atomic E-state index is 11.9. The summed E-state index contributed by atoms with van der Waals surface area (Å²) in [7, 11) is -1.85. The molecule has 0 amide bonds. The maximum Gasteiger partial charge on any atom is 0.213 e. The second-order valence-electron chi connectivity index (χ2n) is 4.88. The zero-order chi connectivity index (χ0) is 13.5. The highest BCUT2D eigenvalue weighted by Gasteiger charge is 2.34. The van der Waals surface area contributed by atoms with Gasteiger partial charge in [0.2, 0.25) is 10.0 Å². The van der Waals surface area contributed by atoms with Gasteiger partial charge in [0, 0.05) is 13.7 Å². The van der Waals surface area contributed by atoms with Crippen LogP contribution in [0.3, 0.4) is 0 Å². The molecule has 0 unspecified atom stereocenters. The molecule has 18 heavy (non-hydrogen) atoms. The average Bonchev–Trinajstić information content (AvgIpc) is 2.55. The first-order chi connectivity index (χ1) is 8.54. The van der Waals surface area contributed by atoms with E-state index in [4.69, 9.17) is 4.74 Å². The molecule has 0 bridgehead atoms. The number of methoxy groups -OCH3 is 1. The summed E-state index contributed by atoms with van der Waals surface area (Å²) in [6.07, 6.45) is 5.67. The quantitative estimate of drug-likeness (QED) is 0.589. The van der Waals surface area contributed by atoms with Crippen LogP contribution in [-0.4, -0.2) is 33.4 Å². The standard InChI is InChI=1S/C12H22N2O3S/c1-17-9-6-10-18(15,16)14-12(11-13)7-4-2-3-5-8-12/h14H,2-10H2,1H3. The molecule has 0 atom stereocenters. The molecular formula is C12H22N2O3S. The molecule has 0 heterocycles. The minimum Gasteiger partial charge on any atom is -0.385 e. The number of sulfonamides is 1. The van der Waals surface area contributed by atoms with Crippen molar-refractivity contribution in [3.63, 3.8) is 0 Å². The van der Waals surface area contributed by atoms with Crippen LogP contribution in [0.1, 0.15) is 44.9 Å². The Morgan fingerprint density at radius 3 is 2.39 bits per heavy atom. The molecule has 1 aliphatic rings. The van der Waals surface area contributed by atoms with Crippen molar-refractivity contribution in [3.05, 3.63) is 0 Å². The number of hydrogen-bond acceptors (Lipinski definition) is 4. The third kappa shape index (κ3) is 4.92. The average molecular weight is 274 g/mol. The molecule has 0 aromatic heterocycles. The van der Waals surface area contributed by atoms with Crippen LogP contribution in [0.4, 0.5) is 0 Å². The Balaban J connectivity index is 2.63. The van der Waals surface area contributed by atoms with Crippen LogP contribution in [0.15, 0.2) is 0 Å². The topological polar surface area (TPSA) is 79.2 Å². The number of ether oxygens (including phenoxy) is 1. The van der Waals surface area contributed by atoms with E-state index in [0.29, 0.717) is 25.9 Å². The second kappa shape index (κ2) is 7.07. The molecule has 1 aliphatic carbocycles. The van der Waals surface area contributed by atoms with Crippen molar-refractivity contribution in [2.24, 2.45) is 0 Å². The molecule has 1 fully saturated rings. The first kappa shape index (κ1) is 15.4. The number of rotatable bonds is 6. The summed E-state index contributed by atoms with van der Waals surface area (Å²) in [6.45, 7) is 0.417. The molecule has 5 nitrogen and oxygen atoms in total. The minimum absolute atomic E-state index is 0.0181.